The van der Waals surface area contributed by atoms with E-state index in [-0.39, 0.29) is 0 Å². The van der Waals surface area contributed by atoms with Gasteiger partial charge in [0.2, 0.25) is 0 Å². The van der Waals surface area contributed by atoms with Gasteiger partial charge < -0.3 is 10.2 Å². The quantitative estimate of drug-likeness (QED) is 0.804. The lowest BCUT2D eigenvalue weighted by atomic mass is 10.1. The van der Waals surface area contributed by atoms with Gasteiger partial charge in [0, 0.05) is 3.57 Å². The van der Waals surface area contributed by atoms with E-state index in [4.69, 9.17) is 10.2 Å². The van der Waals surface area contributed by atoms with Crippen molar-refractivity contribution in [2.24, 2.45) is 0 Å². The molecule has 3 nitrogen and oxygen atoms in total. The first kappa shape index (κ1) is 9.47. The van der Waals surface area contributed by atoms with Crippen LogP contribution in [0.1, 0.15) is 11.7 Å². The van der Waals surface area contributed by atoms with Crippen molar-refractivity contribution in [3.8, 4) is 0 Å². The third kappa shape index (κ3) is 2.18. The summed E-state index contributed by atoms with van der Waals surface area (Å²) < 4.78 is 0.908. The van der Waals surface area contributed by atoms with Gasteiger partial charge in [0.15, 0.2) is 6.10 Å². The van der Waals surface area contributed by atoms with E-state index in [2.05, 4.69) is 22.6 Å². The summed E-state index contributed by atoms with van der Waals surface area (Å²) in [5, 5.41) is 17.6. The molecule has 1 rings (SSSR count). The Hall–Kier alpha value is -0.620. The normalized spacial score (nSPS) is 12.5. The molecule has 0 bridgehead atoms. The summed E-state index contributed by atoms with van der Waals surface area (Å²) in [4.78, 5) is 10.4. The fourth-order valence-corrected chi connectivity index (χ4v) is 1.39. The maximum absolute atomic E-state index is 10.4. The highest BCUT2D eigenvalue weighted by atomic mass is 127. The number of carbonyl (C=O) groups is 1. The Bertz CT molecular complexity index is 298. The van der Waals surface area contributed by atoms with Gasteiger partial charge >= 0.3 is 5.97 Å². The van der Waals surface area contributed by atoms with E-state index >= 15 is 0 Å². The largest absolute Gasteiger partial charge is 0.479 e. The minimum atomic E-state index is -1.42. The van der Waals surface area contributed by atoms with Gasteiger partial charge in [-0.25, -0.2) is 4.79 Å². The van der Waals surface area contributed by atoms with Crippen LogP contribution in [0.3, 0.4) is 0 Å². The predicted octanol–water partition coefficient (Wildman–Crippen LogP) is 1.41. The Morgan fingerprint density at radius 1 is 1.50 bits per heavy atom. The molecule has 0 aliphatic heterocycles. The molecule has 1 atom stereocenters. The maximum atomic E-state index is 10.4. The molecule has 2 N–H and O–H groups in total. The van der Waals surface area contributed by atoms with Crippen molar-refractivity contribution in [1.82, 2.24) is 0 Å². The summed E-state index contributed by atoms with van der Waals surface area (Å²) in [6.07, 6.45) is -1.42. The van der Waals surface area contributed by atoms with E-state index in [9.17, 15) is 4.79 Å². The number of benzene rings is 1. The molecular formula is C8H7IO3. The zero-order valence-corrected chi connectivity index (χ0v) is 8.22. The zero-order chi connectivity index (χ0) is 9.14. The van der Waals surface area contributed by atoms with Crippen molar-refractivity contribution >= 4 is 28.6 Å². The van der Waals surface area contributed by atoms with E-state index in [0.717, 1.165) is 3.57 Å². The number of carboxylic acids is 1. The summed E-state index contributed by atoms with van der Waals surface area (Å²) in [5.74, 6) is -1.22. The van der Waals surface area contributed by atoms with Crippen LogP contribution >= 0.6 is 22.6 Å². The van der Waals surface area contributed by atoms with Crippen LogP contribution in [-0.2, 0) is 4.79 Å². The SMILES string of the molecule is O=C(O)C(O)c1cccc(I)c1. The maximum Gasteiger partial charge on any atom is 0.337 e. The van der Waals surface area contributed by atoms with Gasteiger partial charge in [0.25, 0.3) is 0 Å². The van der Waals surface area contributed by atoms with E-state index in [1.807, 2.05) is 6.07 Å². The van der Waals surface area contributed by atoms with Gasteiger partial charge in [-0.3, -0.25) is 0 Å². The van der Waals surface area contributed by atoms with Crippen molar-refractivity contribution in [3.63, 3.8) is 0 Å². The average Bonchev–Trinajstić information content (AvgIpc) is 2.03. The summed E-state index contributed by atoms with van der Waals surface area (Å²) >= 11 is 2.06. The molecule has 0 amide bonds. The third-order valence-corrected chi connectivity index (χ3v) is 2.07. The molecule has 1 aromatic rings. The summed E-state index contributed by atoms with van der Waals surface area (Å²) in [5.41, 5.74) is 0.411. The highest BCUT2D eigenvalue weighted by Crippen LogP contribution is 2.15. The van der Waals surface area contributed by atoms with Gasteiger partial charge in [-0.2, -0.15) is 0 Å². The fourth-order valence-electron chi connectivity index (χ4n) is 0.819. The second kappa shape index (κ2) is 3.86. The first-order chi connectivity index (χ1) is 5.61. The summed E-state index contributed by atoms with van der Waals surface area (Å²) in [6.45, 7) is 0. The first-order valence-corrected chi connectivity index (χ1v) is 4.35. The highest BCUT2D eigenvalue weighted by Gasteiger charge is 2.15. The van der Waals surface area contributed by atoms with Crippen molar-refractivity contribution < 1.29 is 15.0 Å². The number of aliphatic hydroxyl groups is 1. The van der Waals surface area contributed by atoms with Gasteiger partial charge in [-0.05, 0) is 40.3 Å². The Labute approximate surface area is 83.2 Å². The van der Waals surface area contributed by atoms with E-state index < -0.39 is 12.1 Å². The number of hydrogen-bond acceptors (Lipinski definition) is 2. The van der Waals surface area contributed by atoms with Gasteiger partial charge in [-0.1, -0.05) is 12.1 Å². The molecule has 1 unspecified atom stereocenters. The lowest BCUT2D eigenvalue weighted by molar-refractivity contribution is -0.146. The van der Waals surface area contributed by atoms with Crippen molar-refractivity contribution in [2.75, 3.05) is 0 Å². The van der Waals surface area contributed by atoms with Gasteiger partial charge in [-0.15, -0.1) is 0 Å². The van der Waals surface area contributed by atoms with Crippen LogP contribution in [0.15, 0.2) is 24.3 Å². The molecule has 0 saturated carbocycles. The van der Waals surface area contributed by atoms with E-state index in [0.29, 0.717) is 5.56 Å². The standard InChI is InChI=1S/C8H7IO3/c9-6-3-1-2-5(4-6)7(10)8(11)12/h1-4,7,10H,(H,11,12). The van der Waals surface area contributed by atoms with Crippen LogP contribution in [0.5, 0.6) is 0 Å². The lowest BCUT2D eigenvalue weighted by Crippen LogP contribution is -2.10. The highest BCUT2D eigenvalue weighted by molar-refractivity contribution is 14.1. The molecule has 4 heteroatoms. The van der Waals surface area contributed by atoms with Crippen molar-refractivity contribution in [1.29, 1.82) is 0 Å². The topological polar surface area (TPSA) is 57.5 Å². The number of halogens is 1. The van der Waals surface area contributed by atoms with E-state index in [1.54, 1.807) is 18.2 Å². The van der Waals surface area contributed by atoms with Crippen LogP contribution in [-0.4, -0.2) is 16.2 Å². The Kier molecular flexibility index (Phi) is 3.05. The molecule has 0 heterocycles. The molecule has 0 spiro atoms. The number of hydrogen-bond donors (Lipinski definition) is 2. The van der Waals surface area contributed by atoms with E-state index in [1.165, 1.54) is 0 Å². The zero-order valence-electron chi connectivity index (χ0n) is 6.07. The molecule has 0 saturated heterocycles. The van der Waals surface area contributed by atoms with Crippen LogP contribution in [0.2, 0.25) is 0 Å². The number of aliphatic hydroxyl groups excluding tert-OH is 1. The molecule has 12 heavy (non-hydrogen) atoms. The minimum Gasteiger partial charge on any atom is -0.479 e. The van der Waals surface area contributed by atoms with Crippen molar-refractivity contribution in [3.05, 3.63) is 33.4 Å². The Morgan fingerprint density at radius 2 is 2.17 bits per heavy atom. The van der Waals surface area contributed by atoms with Crippen LogP contribution in [0.4, 0.5) is 0 Å². The summed E-state index contributed by atoms with van der Waals surface area (Å²) in [6, 6.07) is 6.77. The van der Waals surface area contributed by atoms with Crippen LogP contribution < -0.4 is 0 Å². The van der Waals surface area contributed by atoms with Crippen LogP contribution in [0.25, 0.3) is 0 Å². The molecule has 1 aromatic carbocycles. The Morgan fingerprint density at radius 3 is 2.67 bits per heavy atom. The molecule has 0 fully saturated rings. The smallest absolute Gasteiger partial charge is 0.337 e. The predicted molar refractivity (Wildman–Crippen MR) is 51.8 cm³/mol. The number of aliphatic carboxylic acids is 1. The molecule has 0 aromatic heterocycles. The van der Waals surface area contributed by atoms with Gasteiger partial charge in [0.05, 0.1) is 0 Å². The minimum absolute atomic E-state index is 0.411. The fraction of sp³-hybridized carbons (Fsp3) is 0.125. The number of rotatable bonds is 2. The Balaban J connectivity index is 2.95. The molecule has 0 aliphatic carbocycles. The molecule has 0 radical (unpaired) electrons. The second-order valence-corrected chi connectivity index (χ2v) is 3.54. The molecule has 0 aliphatic rings. The second-order valence-electron chi connectivity index (χ2n) is 2.30. The monoisotopic (exact) mass is 278 g/mol. The molecule has 64 valence electrons. The summed E-state index contributed by atoms with van der Waals surface area (Å²) in [7, 11) is 0. The van der Waals surface area contributed by atoms with Crippen LogP contribution in [0, 0.1) is 3.57 Å². The first-order valence-electron chi connectivity index (χ1n) is 3.27. The van der Waals surface area contributed by atoms with Crippen molar-refractivity contribution in [2.45, 2.75) is 6.10 Å². The number of carboxylic acid groups (broad SMARTS) is 1. The third-order valence-electron chi connectivity index (χ3n) is 1.40. The molecular weight excluding hydrogens is 271 g/mol. The lowest BCUT2D eigenvalue weighted by Gasteiger charge is -2.04. The van der Waals surface area contributed by atoms with Gasteiger partial charge in [0.1, 0.15) is 0 Å². The average molecular weight is 278 g/mol.